The second-order valence-corrected chi connectivity index (χ2v) is 2.51. The quantitative estimate of drug-likeness (QED) is 0.671. The molecule has 1 heterocycles. The summed E-state index contributed by atoms with van der Waals surface area (Å²) in [5, 5.41) is 12.9. The first-order chi connectivity index (χ1) is 5.83. The number of ether oxygens (including phenoxy) is 1. The molecule has 0 fully saturated rings. The van der Waals surface area contributed by atoms with Crippen LogP contribution in [-0.4, -0.2) is 28.1 Å². The second kappa shape index (κ2) is 4.77. The van der Waals surface area contributed by atoms with Crippen molar-refractivity contribution in [3.8, 4) is 5.75 Å². The topological polar surface area (TPSA) is 47.3 Å². The average Bonchev–Trinajstić information content (AvgIpc) is 2.45. The van der Waals surface area contributed by atoms with Gasteiger partial charge in [0.1, 0.15) is 0 Å². The highest BCUT2D eigenvalue weighted by Gasteiger charge is 1.94. The molecule has 0 radical (unpaired) electrons. The lowest BCUT2D eigenvalue weighted by Gasteiger charge is -2.00. The third kappa shape index (κ3) is 2.92. The van der Waals surface area contributed by atoms with E-state index in [9.17, 15) is 0 Å². The van der Waals surface area contributed by atoms with Crippen LogP contribution >= 0.6 is 0 Å². The molecule has 0 aliphatic carbocycles. The van der Waals surface area contributed by atoms with E-state index >= 15 is 0 Å². The van der Waals surface area contributed by atoms with E-state index in [1.165, 1.54) is 6.20 Å². The summed E-state index contributed by atoms with van der Waals surface area (Å²) < 4.78 is 6.86. The molecule has 0 saturated carbocycles. The minimum atomic E-state index is 0.214. The molecule has 0 aromatic carbocycles. The zero-order valence-corrected chi connectivity index (χ0v) is 7.23. The number of aromatic hydroxyl groups is 1. The molecule has 0 bridgehead atoms. The molecule has 0 amide bonds. The highest BCUT2D eigenvalue weighted by Crippen LogP contribution is 2.04. The van der Waals surface area contributed by atoms with Gasteiger partial charge in [-0.15, -0.1) is 0 Å². The predicted octanol–water partition coefficient (Wildman–Crippen LogP) is 1.02. The van der Waals surface area contributed by atoms with E-state index in [1.807, 2.05) is 6.92 Å². The smallest absolute Gasteiger partial charge is 0.153 e. The fourth-order valence-corrected chi connectivity index (χ4v) is 0.948. The number of hydrogen-bond donors (Lipinski definition) is 1. The van der Waals surface area contributed by atoms with Gasteiger partial charge in [-0.25, -0.2) is 0 Å². The maximum atomic E-state index is 8.94. The Labute approximate surface area is 71.8 Å². The number of aryl methyl sites for hydroxylation is 1. The number of aromatic nitrogens is 2. The molecule has 0 unspecified atom stereocenters. The van der Waals surface area contributed by atoms with E-state index < -0.39 is 0 Å². The Hall–Kier alpha value is -1.03. The predicted molar refractivity (Wildman–Crippen MR) is 45.0 cm³/mol. The lowest BCUT2D eigenvalue weighted by atomic mass is 10.4. The summed E-state index contributed by atoms with van der Waals surface area (Å²) in [5.41, 5.74) is 0. The summed E-state index contributed by atoms with van der Waals surface area (Å²) in [4.78, 5) is 0. The third-order valence-electron chi connectivity index (χ3n) is 1.50. The SMILES string of the molecule is CCOCCCn1cc(O)cn1. The third-order valence-corrected chi connectivity index (χ3v) is 1.50. The largest absolute Gasteiger partial charge is 0.505 e. The van der Waals surface area contributed by atoms with E-state index in [1.54, 1.807) is 10.9 Å². The molecule has 0 aliphatic heterocycles. The summed E-state index contributed by atoms with van der Waals surface area (Å²) in [6.07, 6.45) is 3.96. The summed E-state index contributed by atoms with van der Waals surface area (Å²) in [7, 11) is 0. The number of rotatable bonds is 5. The van der Waals surface area contributed by atoms with Gasteiger partial charge in [0.2, 0.25) is 0 Å². The molecule has 0 spiro atoms. The summed E-state index contributed by atoms with van der Waals surface area (Å²) in [6.45, 7) is 4.27. The average molecular weight is 170 g/mol. The van der Waals surface area contributed by atoms with Gasteiger partial charge in [-0.3, -0.25) is 4.68 Å². The Morgan fingerprint density at radius 3 is 3.08 bits per heavy atom. The monoisotopic (exact) mass is 170 g/mol. The standard InChI is InChI=1S/C8H14N2O2/c1-2-12-5-3-4-10-7-8(11)6-9-10/h6-7,11H,2-5H2,1H3. The van der Waals surface area contributed by atoms with Crippen LogP contribution in [0.15, 0.2) is 12.4 Å². The summed E-state index contributed by atoms with van der Waals surface area (Å²) >= 11 is 0. The van der Waals surface area contributed by atoms with Crippen molar-refractivity contribution in [2.24, 2.45) is 0 Å². The lowest BCUT2D eigenvalue weighted by molar-refractivity contribution is 0.141. The lowest BCUT2D eigenvalue weighted by Crippen LogP contribution is -2.02. The highest BCUT2D eigenvalue weighted by molar-refractivity contribution is 5.08. The van der Waals surface area contributed by atoms with Gasteiger partial charge in [-0.05, 0) is 13.3 Å². The fraction of sp³-hybridized carbons (Fsp3) is 0.625. The Morgan fingerprint density at radius 1 is 1.67 bits per heavy atom. The Bertz CT molecular complexity index is 223. The van der Waals surface area contributed by atoms with Gasteiger partial charge < -0.3 is 9.84 Å². The van der Waals surface area contributed by atoms with Crippen LogP contribution < -0.4 is 0 Å². The van der Waals surface area contributed by atoms with Crippen LogP contribution in [0, 0.1) is 0 Å². The molecule has 4 nitrogen and oxygen atoms in total. The molecule has 0 aliphatic rings. The van der Waals surface area contributed by atoms with Gasteiger partial charge in [0.25, 0.3) is 0 Å². The van der Waals surface area contributed by atoms with Crippen molar-refractivity contribution in [2.45, 2.75) is 19.9 Å². The first-order valence-electron chi connectivity index (χ1n) is 4.12. The van der Waals surface area contributed by atoms with Gasteiger partial charge in [0.15, 0.2) is 5.75 Å². The fourth-order valence-electron chi connectivity index (χ4n) is 0.948. The van der Waals surface area contributed by atoms with Crippen LogP contribution in [0.25, 0.3) is 0 Å². The van der Waals surface area contributed by atoms with Crippen LogP contribution in [0.5, 0.6) is 5.75 Å². The van der Waals surface area contributed by atoms with E-state index in [-0.39, 0.29) is 5.75 Å². The van der Waals surface area contributed by atoms with Crippen molar-refractivity contribution < 1.29 is 9.84 Å². The highest BCUT2D eigenvalue weighted by atomic mass is 16.5. The van der Waals surface area contributed by atoms with E-state index in [0.717, 1.165) is 26.2 Å². The second-order valence-electron chi connectivity index (χ2n) is 2.51. The van der Waals surface area contributed by atoms with Crippen molar-refractivity contribution in [2.75, 3.05) is 13.2 Å². The first kappa shape index (κ1) is 9.06. The Kier molecular flexibility index (Phi) is 3.60. The minimum absolute atomic E-state index is 0.214. The molecular formula is C8H14N2O2. The maximum Gasteiger partial charge on any atom is 0.153 e. The minimum Gasteiger partial charge on any atom is -0.505 e. The first-order valence-corrected chi connectivity index (χ1v) is 4.12. The zero-order chi connectivity index (χ0) is 8.81. The molecule has 12 heavy (non-hydrogen) atoms. The van der Waals surface area contributed by atoms with E-state index in [0.29, 0.717) is 0 Å². The van der Waals surface area contributed by atoms with Crippen LogP contribution in [0.2, 0.25) is 0 Å². The normalized spacial score (nSPS) is 10.4. The molecule has 1 aromatic heterocycles. The van der Waals surface area contributed by atoms with Crippen molar-refractivity contribution in [3.63, 3.8) is 0 Å². The Balaban J connectivity index is 2.15. The molecule has 1 N–H and O–H groups in total. The summed E-state index contributed by atoms with van der Waals surface area (Å²) in [6, 6.07) is 0. The molecule has 1 aromatic rings. The van der Waals surface area contributed by atoms with Crippen LogP contribution in [0.4, 0.5) is 0 Å². The van der Waals surface area contributed by atoms with Gasteiger partial charge in [-0.1, -0.05) is 0 Å². The van der Waals surface area contributed by atoms with Gasteiger partial charge in [0.05, 0.1) is 12.4 Å². The van der Waals surface area contributed by atoms with Crippen molar-refractivity contribution >= 4 is 0 Å². The molecule has 0 saturated heterocycles. The maximum absolute atomic E-state index is 8.94. The van der Waals surface area contributed by atoms with Gasteiger partial charge >= 0.3 is 0 Å². The molecule has 1 rings (SSSR count). The molecule has 4 heteroatoms. The Morgan fingerprint density at radius 2 is 2.50 bits per heavy atom. The van der Waals surface area contributed by atoms with Crippen LogP contribution in [0.1, 0.15) is 13.3 Å². The van der Waals surface area contributed by atoms with E-state index in [4.69, 9.17) is 9.84 Å². The molecule has 0 atom stereocenters. The van der Waals surface area contributed by atoms with Crippen LogP contribution in [-0.2, 0) is 11.3 Å². The van der Waals surface area contributed by atoms with Crippen molar-refractivity contribution in [1.29, 1.82) is 0 Å². The number of hydrogen-bond acceptors (Lipinski definition) is 3. The van der Waals surface area contributed by atoms with Crippen molar-refractivity contribution in [3.05, 3.63) is 12.4 Å². The number of nitrogens with zero attached hydrogens (tertiary/aromatic N) is 2. The molecule has 68 valence electrons. The van der Waals surface area contributed by atoms with Crippen LogP contribution in [0.3, 0.4) is 0 Å². The van der Waals surface area contributed by atoms with Crippen molar-refractivity contribution in [1.82, 2.24) is 9.78 Å². The van der Waals surface area contributed by atoms with E-state index in [2.05, 4.69) is 5.10 Å². The van der Waals surface area contributed by atoms with Gasteiger partial charge in [-0.2, -0.15) is 5.10 Å². The molecular weight excluding hydrogens is 156 g/mol. The summed E-state index contributed by atoms with van der Waals surface area (Å²) in [5.74, 6) is 0.214. The van der Waals surface area contributed by atoms with Gasteiger partial charge in [0, 0.05) is 19.8 Å². The zero-order valence-electron chi connectivity index (χ0n) is 7.23.